The van der Waals surface area contributed by atoms with Crippen LogP contribution >= 0.6 is 11.8 Å². The first-order chi connectivity index (χ1) is 10.1. The maximum absolute atomic E-state index is 12.3. The molecule has 0 aromatic heterocycles. The summed E-state index contributed by atoms with van der Waals surface area (Å²) in [6.45, 7) is 1.59. The van der Waals surface area contributed by atoms with E-state index in [9.17, 15) is 14.7 Å². The number of aliphatic carboxylic acids is 1. The zero-order valence-corrected chi connectivity index (χ0v) is 12.3. The number of fused-ring (bicyclic) bond motifs is 2. The van der Waals surface area contributed by atoms with Gasteiger partial charge in [-0.05, 0) is 23.3 Å². The van der Waals surface area contributed by atoms with E-state index in [0.29, 0.717) is 12.0 Å². The Morgan fingerprint density at radius 3 is 2.71 bits per heavy atom. The van der Waals surface area contributed by atoms with Crippen LogP contribution in [-0.4, -0.2) is 11.8 Å². The van der Waals surface area contributed by atoms with E-state index >= 15 is 0 Å². The van der Waals surface area contributed by atoms with Crippen LogP contribution in [0.15, 0.2) is 52.3 Å². The molecule has 0 fully saturated rings. The molecule has 106 valence electrons. The summed E-state index contributed by atoms with van der Waals surface area (Å²) in [5.41, 5.74) is 2.29. The van der Waals surface area contributed by atoms with Crippen LogP contribution in [0.25, 0.3) is 0 Å². The first-order valence-corrected chi connectivity index (χ1v) is 7.51. The number of hydrogen-bond acceptors (Lipinski definition) is 4. The van der Waals surface area contributed by atoms with Crippen molar-refractivity contribution in [3.05, 3.63) is 59.2 Å². The lowest BCUT2D eigenvalue weighted by molar-refractivity contribution is -0.307. The number of carboxylic acids is 1. The molecule has 1 atom stereocenters. The molecule has 2 aromatic carbocycles. The molecule has 1 aliphatic rings. The molecule has 0 bridgehead atoms. The Kier molecular flexibility index (Phi) is 3.55. The van der Waals surface area contributed by atoms with Crippen molar-refractivity contribution in [1.82, 2.24) is 0 Å². The Balaban J connectivity index is 2.04. The highest BCUT2D eigenvalue weighted by atomic mass is 32.2. The molecule has 2 aromatic rings. The van der Waals surface area contributed by atoms with Gasteiger partial charge < -0.3 is 9.90 Å². The van der Waals surface area contributed by atoms with Crippen molar-refractivity contribution in [3.63, 3.8) is 0 Å². The third-order valence-electron chi connectivity index (χ3n) is 3.70. The Morgan fingerprint density at radius 2 is 1.95 bits per heavy atom. The molecule has 1 unspecified atom stereocenters. The van der Waals surface area contributed by atoms with Crippen molar-refractivity contribution in [2.45, 2.75) is 29.1 Å². The van der Waals surface area contributed by atoms with Crippen LogP contribution in [0.2, 0.25) is 0 Å². The lowest BCUT2D eigenvalue weighted by atomic mass is 9.96. The predicted molar refractivity (Wildman–Crippen MR) is 78.5 cm³/mol. The molecule has 3 rings (SSSR count). The largest absolute Gasteiger partial charge is 0.550 e. The number of carboxylic acid groups (broad SMARTS) is 1. The van der Waals surface area contributed by atoms with Crippen LogP contribution in [0.5, 0.6) is 0 Å². The molecule has 0 radical (unpaired) electrons. The average molecular weight is 297 g/mol. The average Bonchev–Trinajstić information content (AvgIpc) is 2.61. The number of ketones is 1. The summed E-state index contributed by atoms with van der Waals surface area (Å²) in [6.07, 6.45) is 0.299. The number of carbonyl (C=O) groups excluding carboxylic acids is 2. The van der Waals surface area contributed by atoms with Crippen LogP contribution in [0.4, 0.5) is 0 Å². The molecule has 0 saturated carbocycles. The van der Waals surface area contributed by atoms with E-state index in [1.165, 1.54) is 0 Å². The smallest absolute Gasteiger partial charge is 0.168 e. The third-order valence-corrected chi connectivity index (χ3v) is 4.89. The quantitative estimate of drug-likeness (QED) is 0.854. The van der Waals surface area contributed by atoms with Gasteiger partial charge in [0, 0.05) is 33.7 Å². The molecular formula is C17H13O3S-. The van der Waals surface area contributed by atoms with Gasteiger partial charge in [-0.25, -0.2) is 0 Å². The molecule has 1 aliphatic heterocycles. The number of hydrogen-bond donors (Lipinski definition) is 0. The Bertz CT molecular complexity index is 737. The number of rotatable bonds is 2. The normalized spacial score (nSPS) is 14.8. The van der Waals surface area contributed by atoms with E-state index in [4.69, 9.17) is 0 Å². The van der Waals surface area contributed by atoms with Crippen molar-refractivity contribution < 1.29 is 14.7 Å². The number of benzene rings is 2. The summed E-state index contributed by atoms with van der Waals surface area (Å²) in [4.78, 5) is 25.3. The van der Waals surface area contributed by atoms with Crippen LogP contribution in [0.1, 0.15) is 34.3 Å². The van der Waals surface area contributed by atoms with E-state index in [1.807, 2.05) is 36.4 Å². The molecule has 0 amide bonds. The van der Waals surface area contributed by atoms with Crippen molar-refractivity contribution >= 4 is 23.5 Å². The Hall–Kier alpha value is -2.07. The van der Waals surface area contributed by atoms with E-state index in [0.717, 1.165) is 20.9 Å². The van der Waals surface area contributed by atoms with Gasteiger partial charge in [-0.1, -0.05) is 49.0 Å². The monoisotopic (exact) mass is 297 g/mol. The van der Waals surface area contributed by atoms with Crippen molar-refractivity contribution in [2.24, 2.45) is 0 Å². The molecule has 1 heterocycles. The minimum absolute atomic E-state index is 0.0649. The first-order valence-electron chi connectivity index (χ1n) is 6.70. The summed E-state index contributed by atoms with van der Waals surface area (Å²) in [7, 11) is 0. The van der Waals surface area contributed by atoms with Gasteiger partial charge >= 0.3 is 0 Å². The molecule has 3 nitrogen and oxygen atoms in total. The topological polar surface area (TPSA) is 57.2 Å². The van der Waals surface area contributed by atoms with Gasteiger partial charge in [0.25, 0.3) is 0 Å². The fraction of sp³-hybridized carbons (Fsp3) is 0.176. The molecule has 0 spiro atoms. The van der Waals surface area contributed by atoms with Crippen molar-refractivity contribution in [1.29, 1.82) is 0 Å². The molecule has 0 N–H and O–H groups in total. The third kappa shape index (κ3) is 2.59. The second kappa shape index (κ2) is 5.37. The SMILES string of the molecule is CC(C(=O)[O-])c1ccc2c(c1)CC(=O)c1ccccc1S2. The maximum Gasteiger partial charge on any atom is 0.168 e. The van der Waals surface area contributed by atoms with Crippen LogP contribution in [-0.2, 0) is 11.2 Å². The minimum Gasteiger partial charge on any atom is -0.550 e. The molecule has 0 saturated heterocycles. The van der Waals surface area contributed by atoms with Crippen LogP contribution < -0.4 is 5.11 Å². The van der Waals surface area contributed by atoms with Crippen LogP contribution in [0.3, 0.4) is 0 Å². The van der Waals surface area contributed by atoms with Crippen LogP contribution in [0, 0.1) is 0 Å². The van der Waals surface area contributed by atoms with E-state index < -0.39 is 11.9 Å². The summed E-state index contributed by atoms with van der Waals surface area (Å²) < 4.78 is 0. The zero-order chi connectivity index (χ0) is 15.0. The van der Waals surface area contributed by atoms with Gasteiger partial charge in [0.1, 0.15) is 0 Å². The van der Waals surface area contributed by atoms with Gasteiger partial charge in [-0.3, -0.25) is 4.79 Å². The highest BCUT2D eigenvalue weighted by Crippen LogP contribution is 2.37. The first kappa shape index (κ1) is 13.9. The lowest BCUT2D eigenvalue weighted by Crippen LogP contribution is -2.28. The highest BCUT2D eigenvalue weighted by molar-refractivity contribution is 7.99. The molecule has 0 aliphatic carbocycles. The molecule has 21 heavy (non-hydrogen) atoms. The van der Waals surface area contributed by atoms with Gasteiger partial charge in [-0.15, -0.1) is 0 Å². The lowest BCUT2D eigenvalue weighted by Gasteiger charge is -2.15. The zero-order valence-electron chi connectivity index (χ0n) is 11.5. The number of carbonyl (C=O) groups is 2. The summed E-state index contributed by atoms with van der Waals surface area (Å²) in [5.74, 6) is -1.72. The summed E-state index contributed by atoms with van der Waals surface area (Å²) in [5, 5.41) is 11.0. The Morgan fingerprint density at radius 1 is 1.19 bits per heavy atom. The van der Waals surface area contributed by atoms with Gasteiger partial charge in [0.2, 0.25) is 0 Å². The van der Waals surface area contributed by atoms with Gasteiger partial charge in [-0.2, -0.15) is 0 Å². The molecular weight excluding hydrogens is 284 g/mol. The van der Waals surface area contributed by atoms with E-state index in [2.05, 4.69) is 0 Å². The fourth-order valence-electron chi connectivity index (χ4n) is 2.42. The van der Waals surface area contributed by atoms with Crippen molar-refractivity contribution in [3.8, 4) is 0 Å². The second-order valence-corrected chi connectivity index (χ2v) is 6.19. The predicted octanol–water partition coefficient (Wildman–Crippen LogP) is 2.43. The fourth-order valence-corrected chi connectivity index (χ4v) is 3.49. The summed E-state index contributed by atoms with van der Waals surface area (Å²) >= 11 is 1.55. The van der Waals surface area contributed by atoms with E-state index in [-0.39, 0.29) is 5.78 Å². The molecule has 4 heteroatoms. The minimum atomic E-state index is -1.11. The maximum atomic E-state index is 12.3. The number of Topliss-reactive ketones (excluding diaryl/α,β-unsaturated/α-hetero) is 1. The van der Waals surface area contributed by atoms with E-state index in [1.54, 1.807) is 24.8 Å². The highest BCUT2D eigenvalue weighted by Gasteiger charge is 2.21. The van der Waals surface area contributed by atoms with Gasteiger partial charge in [0.05, 0.1) is 0 Å². The summed E-state index contributed by atoms with van der Waals surface area (Å²) in [6, 6.07) is 13.0. The standard InChI is InChI=1S/C17H14O3S/c1-10(17(19)20)11-6-7-15-12(8-11)9-14(18)13-4-2-3-5-16(13)21-15/h2-8,10H,9H2,1H3,(H,19,20)/p-1. The van der Waals surface area contributed by atoms with Gasteiger partial charge in [0.15, 0.2) is 5.78 Å². The van der Waals surface area contributed by atoms with Crippen molar-refractivity contribution in [2.75, 3.05) is 0 Å². The Labute approximate surface area is 127 Å². The second-order valence-electron chi connectivity index (χ2n) is 5.11.